The van der Waals surface area contributed by atoms with Crippen LogP contribution in [0.5, 0.6) is 23.0 Å². The summed E-state index contributed by atoms with van der Waals surface area (Å²) < 4.78 is 20.9. The van der Waals surface area contributed by atoms with E-state index in [1.165, 1.54) is 7.11 Å². The van der Waals surface area contributed by atoms with Gasteiger partial charge in [0, 0.05) is 18.6 Å². The minimum atomic E-state index is -0.588. The maximum atomic E-state index is 12.3. The van der Waals surface area contributed by atoms with Crippen molar-refractivity contribution in [2.24, 2.45) is 0 Å². The summed E-state index contributed by atoms with van der Waals surface area (Å²) in [5.41, 5.74) is 2.53. The lowest BCUT2D eigenvalue weighted by Gasteiger charge is -2.11. The molecule has 0 atom stereocenters. The normalized spacial score (nSPS) is 10.1. The van der Waals surface area contributed by atoms with Crippen LogP contribution in [0.1, 0.15) is 12.0 Å². The average Bonchev–Trinajstić information content (AvgIpc) is 2.88. The van der Waals surface area contributed by atoms with Gasteiger partial charge >= 0.3 is 17.9 Å². The smallest absolute Gasteiger partial charge is 0.335 e. The molecule has 0 aliphatic heterocycles. The fourth-order valence-electron chi connectivity index (χ4n) is 3.11. The topological polar surface area (TPSA) is 88.1 Å². The first kappa shape index (κ1) is 25.0. The zero-order valence-corrected chi connectivity index (χ0v) is 19.2. The minimum absolute atomic E-state index is 0.185. The van der Waals surface area contributed by atoms with Crippen LogP contribution in [0.15, 0.2) is 92.0 Å². The molecule has 178 valence electrons. The third kappa shape index (κ3) is 7.17. The maximum absolute atomic E-state index is 12.3. The standard InChI is InChI=1S/C28H24O7/c1-4-26(29)33-22-12-6-19(7-13-22)8-17-28(31)34-23-14-9-20(10-15-23)21-11-16-24(32-3)25(18-21)35-27(30)5-2/h4-7,9-16,18H,1-2,8,17H2,3H3. The lowest BCUT2D eigenvalue weighted by atomic mass is 10.0. The van der Waals surface area contributed by atoms with E-state index in [0.717, 1.165) is 28.8 Å². The molecule has 0 N–H and O–H groups in total. The molecule has 0 aromatic heterocycles. The third-order valence-corrected chi connectivity index (χ3v) is 4.89. The Kier molecular flexibility index (Phi) is 8.56. The predicted molar refractivity (Wildman–Crippen MR) is 130 cm³/mol. The Morgan fingerprint density at radius 1 is 0.714 bits per heavy atom. The number of esters is 3. The second kappa shape index (κ2) is 12.0. The average molecular weight is 472 g/mol. The molecule has 3 rings (SSSR count). The van der Waals surface area contributed by atoms with Crippen molar-refractivity contribution in [3.8, 4) is 34.1 Å². The molecule has 0 bridgehead atoms. The van der Waals surface area contributed by atoms with E-state index >= 15 is 0 Å². The highest BCUT2D eigenvalue weighted by molar-refractivity contribution is 5.84. The molecule has 35 heavy (non-hydrogen) atoms. The van der Waals surface area contributed by atoms with Crippen LogP contribution in [0.2, 0.25) is 0 Å². The van der Waals surface area contributed by atoms with Gasteiger partial charge in [-0.3, -0.25) is 4.79 Å². The maximum Gasteiger partial charge on any atom is 0.335 e. The molecule has 0 saturated heterocycles. The fraction of sp³-hybridized carbons (Fsp3) is 0.107. The van der Waals surface area contributed by atoms with E-state index in [-0.39, 0.29) is 18.1 Å². The molecule has 0 fully saturated rings. The van der Waals surface area contributed by atoms with E-state index in [1.54, 1.807) is 60.7 Å². The predicted octanol–water partition coefficient (Wildman–Crippen LogP) is 5.08. The number of benzene rings is 3. The van der Waals surface area contributed by atoms with Gasteiger partial charge < -0.3 is 18.9 Å². The summed E-state index contributed by atoms with van der Waals surface area (Å²) in [4.78, 5) is 35.1. The number of carbonyl (C=O) groups excluding carboxylic acids is 3. The number of hydrogen-bond acceptors (Lipinski definition) is 7. The van der Waals surface area contributed by atoms with Gasteiger partial charge in [-0.05, 0) is 59.5 Å². The van der Waals surface area contributed by atoms with Gasteiger partial charge in [-0.1, -0.05) is 43.5 Å². The van der Waals surface area contributed by atoms with Gasteiger partial charge in [0.1, 0.15) is 11.5 Å². The molecule has 0 heterocycles. The molecule has 0 saturated carbocycles. The largest absolute Gasteiger partial charge is 0.493 e. The Balaban J connectivity index is 1.58. The van der Waals surface area contributed by atoms with Crippen molar-refractivity contribution >= 4 is 17.9 Å². The number of carbonyl (C=O) groups is 3. The van der Waals surface area contributed by atoms with Crippen molar-refractivity contribution in [1.82, 2.24) is 0 Å². The molecule has 7 nitrogen and oxygen atoms in total. The Morgan fingerprint density at radius 3 is 1.91 bits per heavy atom. The molecule has 0 unspecified atom stereocenters. The van der Waals surface area contributed by atoms with E-state index in [2.05, 4.69) is 13.2 Å². The summed E-state index contributed by atoms with van der Waals surface area (Å²) >= 11 is 0. The van der Waals surface area contributed by atoms with Crippen LogP contribution < -0.4 is 18.9 Å². The van der Waals surface area contributed by atoms with Crippen LogP contribution in [0.3, 0.4) is 0 Å². The van der Waals surface area contributed by atoms with Crippen molar-refractivity contribution in [3.63, 3.8) is 0 Å². The second-order valence-corrected chi connectivity index (χ2v) is 7.26. The van der Waals surface area contributed by atoms with Gasteiger partial charge in [0.05, 0.1) is 7.11 Å². The molecule has 7 heteroatoms. The summed E-state index contributed by atoms with van der Waals surface area (Å²) in [6.45, 7) is 6.75. The molecule has 0 aliphatic carbocycles. The van der Waals surface area contributed by atoms with Gasteiger partial charge in [-0.2, -0.15) is 0 Å². The first-order chi connectivity index (χ1) is 16.9. The van der Waals surface area contributed by atoms with Crippen LogP contribution in [0.25, 0.3) is 11.1 Å². The second-order valence-electron chi connectivity index (χ2n) is 7.26. The van der Waals surface area contributed by atoms with Gasteiger partial charge in [0.2, 0.25) is 0 Å². The van der Waals surface area contributed by atoms with Gasteiger partial charge in [0.15, 0.2) is 11.5 Å². The number of hydrogen-bond donors (Lipinski definition) is 0. The number of rotatable bonds is 10. The van der Waals surface area contributed by atoms with Crippen LogP contribution in [-0.4, -0.2) is 25.0 Å². The monoisotopic (exact) mass is 472 g/mol. The molecular formula is C28H24O7. The highest BCUT2D eigenvalue weighted by atomic mass is 16.6. The SMILES string of the molecule is C=CC(=O)Oc1ccc(CCC(=O)Oc2ccc(-c3ccc(OC)c(OC(=O)C=C)c3)cc2)cc1. The summed E-state index contributed by atoms with van der Waals surface area (Å²) in [5.74, 6) is 0.0225. The minimum Gasteiger partial charge on any atom is -0.493 e. The Morgan fingerprint density at radius 2 is 1.29 bits per heavy atom. The zero-order valence-electron chi connectivity index (χ0n) is 19.2. The van der Waals surface area contributed by atoms with E-state index in [1.807, 2.05) is 6.07 Å². The molecule has 3 aromatic rings. The van der Waals surface area contributed by atoms with Crippen LogP contribution in [0, 0.1) is 0 Å². The van der Waals surface area contributed by atoms with Gasteiger partial charge in [-0.25, -0.2) is 9.59 Å². The highest BCUT2D eigenvalue weighted by Gasteiger charge is 2.11. The molecule has 3 aromatic carbocycles. The molecule has 0 amide bonds. The Bertz CT molecular complexity index is 1230. The summed E-state index contributed by atoms with van der Waals surface area (Å²) in [6, 6.07) is 19.1. The van der Waals surface area contributed by atoms with Crippen molar-refractivity contribution in [3.05, 3.63) is 97.6 Å². The van der Waals surface area contributed by atoms with E-state index in [0.29, 0.717) is 23.7 Å². The van der Waals surface area contributed by atoms with Crippen molar-refractivity contribution in [2.75, 3.05) is 7.11 Å². The summed E-state index contributed by atoms with van der Waals surface area (Å²) in [6.07, 6.45) is 2.82. The van der Waals surface area contributed by atoms with Crippen molar-refractivity contribution < 1.29 is 33.3 Å². The number of aryl methyl sites for hydroxylation is 1. The number of methoxy groups -OCH3 is 1. The first-order valence-corrected chi connectivity index (χ1v) is 10.7. The Hall–Kier alpha value is -4.65. The van der Waals surface area contributed by atoms with Gasteiger partial charge in [-0.15, -0.1) is 0 Å². The van der Waals surface area contributed by atoms with E-state index < -0.39 is 11.9 Å². The first-order valence-electron chi connectivity index (χ1n) is 10.7. The summed E-state index contributed by atoms with van der Waals surface area (Å²) in [7, 11) is 1.49. The lowest BCUT2D eigenvalue weighted by molar-refractivity contribution is -0.134. The highest BCUT2D eigenvalue weighted by Crippen LogP contribution is 2.33. The lowest BCUT2D eigenvalue weighted by Crippen LogP contribution is -2.09. The molecule has 0 radical (unpaired) electrons. The van der Waals surface area contributed by atoms with Crippen LogP contribution >= 0.6 is 0 Å². The van der Waals surface area contributed by atoms with Crippen LogP contribution in [-0.2, 0) is 20.8 Å². The van der Waals surface area contributed by atoms with Crippen molar-refractivity contribution in [2.45, 2.75) is 12.8 Å². The zero-order chi connectivity index (χ0) is 25.2. The number of ether oxygens (including phenoxy) is 4. The summed E-state index contributed by atoms with van der Waals surface area (Å²) in [5, 5.41) is 0. The van der Waals surface area contributed by atoms with E-state index in [4.69, 9.17) is 18.9 Å². The molecule has 0 aliphatic rings. The molecule has 0 spiro atoms. The van der Waals surface area contributed by atoms with Gasteiger partial charge in [0.25, 0.3) is 0 Å². The van der Waals surface area contributed by atoms with E-state index in [9.17, 15) is 14.4 Å². The molecular weight excluding hydrogens is 448 g/mol. The third-order valence-electron chi connectivity index (χ3n) is 4.89. The van der Waals surface area contributed by atoms with Crippen LogP contribution in [0.4, 0.5) is 0 Å². The van der Waals surface area contributed by atoms with Crippen molar-refractivity contribution in [1.29, 1.82) is 0 Å². The Labute approximate surface area is 203 Å². The quantitative estimate of drug-likeness (QED) is 0.231. The fourth-order valence-corrected chi connectivity index (χ4v) is 3.11.